The largest absolute Gasteiger partial charge is 0.619 e. The monoisotopic (exact) mass is 240 g/mol. The van der Waals surface area contributed by atoms with Crippen molar-refractivity contribution >= 4 is 17.8 Å². The highest BCUT2D eigenvalue weighted by Gasteiger charge is 1.94. The average Bonchev–Trinajstić information content (AvgIpc) is 2.38. The van der Waals surface area contributed by atoms with E-state index in [2.05, 4.69) is 29.2 Å². The Balaban J connectivity index is 2.11. The number of benzene rings is 1. The van der Waals surface area contributed by atoms with Crippen LogP contribution in [-0.2, 0) is 0 Å². The lowest BCUT2D eigenvalue weighted by atomic mass is 10.1. The molecule has 1 aromatic carbocycles. The highest BCUT2D eigenvalue weighted by Crippen LogP contribution is 2.14. The number of hydrogen-bond acceptors (Lipinski definition) is 2. The van der Waals surface area contributed by atoms with Crippen molar-refractivity contribution in [3.63, 3.8) is 0 Å². The third kappa shape index (κ3) is 3.10. The van der Waals surface area contributed by atoms with E-state index in [0.717, 1.165) is 15.9 Å². The topological polar surface area (TPSA) is 30.2 Å². The van der Waals surface area contributed by atoms with Crippen LogP contribution in [0.2, 0.25) is 0 Å². The third-order valence-electron chi connectivity index (χ3n) is 2.71. The molecule has 0 aliphatic carbocycles. The van der Waals surface area contributed by atoms with Crippen LogP contribution in [0.15, 0.2) is 48.8 Å². The summed E-state index contributed by atoms with van der Waals surface area (Å²) in [5, 5.41) is 10.9. The Morgan fingerprint density at radius 1 is 0.889 bits per heavy atom. The van der Waals surface area contributed by atoms with E-state index < -0.39 is 0 Å². The molecule has 0 spiro atoms. The zero-order valence-corrected chi connectivity index (χ0v) is 10.6. The molecule has 0 saturated heterocycles. The predicted octanol–water partition coefficient (Wildman–Crippen LogP) is 2.56. The maximum absolute atomic E-state index is 10.9. The van der Waals surface area contributed by atoms with E-state index in [1.54, 1.807) is 12.1 Å². The Hall–Kier alpha value is -2.29. The van der Waals surface area contributed by atoms with Crippen molar-refractivity contribution in [3.05, 3.63) is 65.1 Å². The third-order valence-corrected chi connectivity index (χ3v) is 2.71. The number of rotatable bonds is 3. The summed E-state index contributed by atoms with van der Waals surface area (Å²) >= 11 is 0. The molecule has 0 bridgehead atoms. The summed E-state index contributed by atoms with van der Waals surface area (Å²) < 4.78 is 0.781. The standard InChI is InChI=1S/C15H16N2O/c1-16(2)15-7-5-13(6-8-15)3-4-14-9-11-17(18)12-10-14/h3-12H,1-2H3. The van der Waals surface area contributed by atoms with Crippen LogP contribution in [0, 0.1) is 5.21 Å². The quantitative estimate of drug-likeness (QED) is 0.609. The van der Waals surface area contributed by atoms with Crippen LogP contribution in [0.3, 0.4) is 0 Å². The summed E-state index contributed by atoms with van der Waals surface area (Å²) in [4.78, 5) is 2.07. The molecule has 0 aliphatic rings. The maximum Gasteiger partial charge on any atom is 0.180 e. The van der Waals surface area contributed by atoms with Gasteiger partial charge in [0.25, 0.3) is 0 Å². The Labute approximate surface area is 107 Å². The van der Waals surface area contributed by atoms with Gasteiger partial charge < -0.3 is 10.1 Å². The summed E-state index contributed by atoms with van der Waals surface area (Å²) in [6, 6.07) is 11.9. The van der Waals surface area contributed by atoms with Gasteiger partial charge in [0.05, 0.1) is 0 Å². The van der Waals surface area contributed by atoms with Crippen molar-refractivity contribution in [2.75, 3.05) is 19.0 Å². The highest BCUT2D eigenvalue weighted by molar-refractivity contribution is 5.70. The molecule has 3 nitrogen and oxygen atoms in total. The smallest absolute Gasteiger partial charge is 0.180 e. The average molecular weight is 240 g/mol. The van der Waals surface area contributed by atoms with Gasteiger partial charge in [-0.1, -0.05) is 24.3 Å². The first-order valence-corrected chi connectivity index (χ1v) is 5.79. The van der Waals surface area contributed by atoms with E-state index in [1.165, 1.54) is 18.1 Å². The van der Waals surface area contributed by atoms with Gasteiger partial charge in [0.15, 0.2) is 12.4 Å². The van der Waals surface area contributed by atoms with E-state index in [1.807, 2.05) is 26.2 Å². The summed E-state index contributed by atoms with van der Waals surface area (Å²) in [6.45, 7) is 0. The summed E-state index contributed by atoms with van der Waals surface area (Å²) in [7, 11) is 4.04. The van der Waals surface area contributed by atoms with Gasteiger partial charge in [0.2, 0.25) is 0 Å². The molecular weight excluding hydrogens is 224 g/mol. The van der Waals surface area contributed by atoms with Crippen LogP contribution in [0.1, 0.15) is 11.1 Å². The minimum atomic E-state index is 0.781. The van der Waals surface area contributed by atoms with Crippen LogP contribution < -0.4 is 9.63 Å². The van der Waals surface area contributed by atoms with Gasteiger partial charge >= 0.3 is 0 Å². The summed E-state index contributed by atoms with van der Waals surface area (Å²) in [5.41, 5.74) is 3.33. The lowest BCUT2D eigenvalue weighted by Crippen LogP contribution is -2.23. The maximum atomic E-state index is 10.9. The lowest BCUT2D eigenvalue weighted by molar-refractivity contribution is -0.605. The molecule has 3 heteroatoms. The van der Waals surface area contributed by atoms with Crippen molar-refractivity contribution in [2.24, 2.45) is 0 Å². The van der Waals surface area contributed by atoms with Gasteiger partial charge in [-0.3, -0.25) is 0 Å². The molecular formula is C15H16N2O. The number of hydrogen-bond donors (Lipinski definition) is 0. The van der Waals surface area contributed by atoms with Crippen LogP contribution in [0.5, 0.6) is 0 Å². The predicted molar refractivity (Wildman–Crippen MR) is 75.1 cm³/mol. The first kappa shape index (κ1) is 12.2. The fourth-order valence-electron chi connectivity index (χ4n) is 1.61. The van der Waals surface area contributed by atoms with E-state index >= 15 is 0 Å². The first-order chi connectivity index (χ1) is 8.65. The zero-order chi connectivity index (χ0) is 13.0. The first-order valence-electron chi connectivity index (χ1n) is 5.79. The molecule has 0 saturated carbocycles. The molecule has 0 aliphatic heterocycles. The van der Waals surface area contributed by atoms with Crippen molar-refractivity contribution in [1.82, 2.24) is 0 Å². The van der Waals surface area contributed by atoms with Gasteiger partial charge in [0.1, 0.15) is 0 Å². The second-order valence-electron chi connectivity index (χ2n) is 4.31. The van der Waals surface area contributed by atoms with Crippen LogP contribution >= 0.6 is 0 Å². The Morgan fingerprint density at radius 2 is 1.39 bits per heavy atom. The number of nitrogens with zero attached hydrogens (tertiary/aromatic N) is 2. The fourth-order valence-corrected chi connectivity index (χ4v) is 1.61. The lowest BCUT2D eigenvalue weighted by Gasteiger charge is -2.11. The normalized spacial score (nSPS) is 10.8. The summed E-state index contributed by atoms with van der Waals surface area (Å²) in [6.07, 6.45) is 7.01. The number of pyridine rings is 1. The second-order valence-corrected chi connectivity index (χ2v) is 4.31. The molecule has 0 radical (unpaired) electrons. The zero-order valence-electron chi connectivity index (χ0n) is 10.6. The number of anilines is 1. The fraction of sp³-hybridized carbons (Fsp3) is 0.133. The highest BCUT2D eigenvalue weighted by atomic mass is 16.5. The van der Waals surface area contributed by atoms with Crippen LogP contribution in [-0.4, -0.2) is 14.1 Å². The van der Waals surface area contributed by atoms with Crippen molar-refractivity contribution in [2.45, 2.75) is 0 Å². The Morgan fingerprint density at radius 3 is 1.89 bits per heavy atom. The molecule has 18 heavy (non-hydrogen) atoms. The number of aromatic nitrogens is 1. The second kappa shape index (κ2) is 5.36. The van der Waals surface area contributed by atoms with Gasteiger partial charge in [-0.05, 0) is 23.3 Å². The Kier molecular flexibility index (Phi) is 3.63. The minimum Gasteiger partial charge on any atom is -0.619 e. The Bertz CT molecular complexity index is 527. The van der Waals surface area contributed by atoms with Gasteiger partial charge in [-0.15, -0.1) is 0 Å². The van der Waals surface area contributed by atoms with Crippen molar-refractivity contribution in [1.29, 1.82) is 0 Å². The molecule has 2 aromatic rings. The van der Waals surface area contributed by atoms with Crippen molar-refractivity contribution in [3.8, 4) is 0 Å². The van der Waals surface area contributed by atoms with Gasteiger partial charge in [-0.25, -0.2) is 0 Å². The molecule has 0 amide bonds. The van der Waals surface area contributed by atoms with E-state index in [9.17, 15) is 5.21 Å². The molecule has 0 atom stereocenters. The SMILES string of the molecule is CN(C)c1ccc(C=Cc2cc[n+]([O-])cc2)cc1. The van der Waals surface area contributed by atoms with Gasteiger partial charge in [-0.2, -0.15) is 4.73 Å². The van der Waals surface area contributed by atoms with Crippen LogP contribution in [0.4, 0.5) is 5.69 Å². The minimum absolute atomic E-state index is 0.781. The molecule has 0 fully saturated rings. The van der Waals surface area contributed by atoms with Crippen LogP contribution in [0.25, 0.3) is 12.2 Å². The van der Waals surface area contributed by atoms with E-state index in [-0.39, 0.29) is 0 Å². The molecule has 0 N–H and O–H groups in total. The summed E-state index contributed by atoms with van der Waals surface area (Å²) in [5.74, 6) is 0. The molecule has 0 unspecified atom stereocenters. The molecule has 92 valence electrons. The van der Waals surface area contributed by atoms with E-state index in [4.69, 9.17) is 0 Å². The molecule has 1 heterocycles. The molecule has 1 aromatic heterocycles. The van der Waals surface area contributed by atoms with E-state index in [0.29, 0.717) is 0 Å². The van der Waals surface area contributed by atoms with Gasteiger partial charge in [0, 0.05) is 31.9 Å². The molecule has 2 rings (SSSR count). The van der Waals surface area contributed by atoms with Crippen molar-refractivity contribution < 1.29 is 4.73 Å².